The van der Waals surface area contributed by atoms with Gasteiger partial charge in [-0.1, -0.05) is 38.3 Å². The van der Waals surface area contributed by atoms with Crippen LogP contribution in [-0.4, -0.2) is 49.2 Å². The minimum absolute atomic E-state index is 0.0838. The summed E-state index contributed by atoms with van der Waals surface area (Å²) in [6, 6.07) is 6.28. The van der Waals surface area contributed by atoms with Crippen LogP contribution in [0.25, 0.3) is 11.0 Å². The molecule has 152 valence electrons. The maximum absolute atomic E-state index is 12.7. The highest BCUT2D eigenvalue weighted by molar-refractivity contribution is 5.88. The Balaban J connectivity index is 1.41. The molecule has 1 aliphatic carbocycles. The largest absolute Gasteiger partial charge is 0.464 e. The van der Waals surface area contributed by atoms with E-state index in [1.54, 1.807) is 6.26 Å². The Bertz CT molecular complexity index is 801. The van der Waals surface area contributed by atoms with Crippen LogP contribution in [0.3, 0.4) is 0 Å². The number of rotatable bonds is 6. The first-order valence-electron chi connectivity index (χ1n) is 10.8. The second kappa shape index (κ2) is 8.66. The topological polar surface area (TPSA) is 54.7 Å². The Hall–Kier alpha value is -1.85. The molecule has 0 atom stereocenters. The highest BCUT2D eigenvalue weighted by Crippen LogP contribution is 2.34. The Labute approximate surface area is 167 Å². The summed E-state index contributed by atoms with van der Waals surface area (Å²) in [6.45, 7) is 6.42. The number of nitrogens with one attached hydrogen (secondary N) is 1. The lowest BCUT2D eigenvalue weighted by atomic mass is 9.79. The number of aryl methyl sites for hydroxylation is 1. The number of ether oxygens (including phenoxy) is 1. The van der Waals surface area contributed by atoms with Gasteiger partial charge in [0.1, 0.15) is 5.58 Å². The third kappa shape index (κ3) is 4.11. The van der Waals surface area contributed by atoms with E-state index in [0.717, 1.165) is 55.8 Å². The molecule has 1 saturated heterocycles. The van der Waals surface area contributed by atoms with Crippen molar-refractivity contribution in [1.82, 2.24) is 10.2 Å². The molecule has 0 unspecified atom stereocenters. The molecule has 1 aromatic carbocycles. The summed E-state index contributed by atoms with van der Waals surface area (Å²) in [5.74, 6) is 0.0838. The first-order valence-corrected chi connectivity index (χ1v) is 10.8. The molecule has 2 aromatic rings. The van der Waals surface area contributed by atoms with Crippen molar-refractivity contribution in [2.45, 2.75) is 57.4 Å². The number of morpholine rings is 1. The minimum atomic E-state index is 0.0838. The van der Waals surface area contributed by atoms with Crippen molar-refractivity contribution >= 4 is 16.9 Å². The zero-order chi connectivity index (χ0) is 19.4. The van der Waals surface area contributed by atoms with Gasteiger partial charge in [-0.3, -0.25) is 9.69 Å². The summed E-state index contributed by atoms with van der Waals surface area (Å²) in [6.07, 6.45) is 9.23. The highest BCUT2D eigenvalue weighted by Gasteiger charge is 2.38. The third-order valence-corrected chi connectivity index (χ3v) is 6.56. The smallest absolute Gasteiger partial charge is 0.224 e. The molecule has 1 aromatic heterocycles. The van der Waals surface area contributed by atoms with Gasteiger partial charge in [-0.15, -0.1) is 0 Å². The fourth-order valence-corrected chi connectivity index (χ4v) is 4.84. The first-order chi connectivity index (χ1) is 13.7. The minimum Gasteiger partial charge on any atom is -0.464 e. The number of furan rings is 1. The molecule has 2 aliphatic rings. The second-order valence-corrected chi connectivity index (χ2v) is 8.28. The number of hydrogen-bond donors (Lipinski definition) is 1. The van der Waals surface area contributed by atoms with Crippen molar-refractivity contribution in [2.24, 2.45) is 0 Å². The van der Waals surface area contributed by atoms with E-state index in [1.165, 1.54) is 37.7 Å². The Morgan fingerprint density at radius 1 is 1.18 bits per heavy atom. The molecule has 28 heavy (non-hydrogen) atoms. The van der Waals surface area contributed by atoms with Gasteiger partial charge >= 0.3 is 0 Å². The SMILES string of the molecule is CCc1ccc2c(CC(=O)NCC3(N4CCOCC4)CCCCC3)coc2c1. The van der Waals surface area contributed by atoms with Crippen LogP contribution in [-0.2, 0) is 22.4 Å². The Morgan fingerprint density at radius 3 is 2.71 bits per heavy atom. The van der Waals surface area contributed by atoms with Gasteiger partial charge in [-0.25, -0.2) is 0 Å². The van der Waals surface area contributed by atoms with E-state index in [9.17, 15) is 4.79 Å². The van der Waals surface area contributed by atoms with Gasteiger partial charge < -0.3 is 14.5 Å². The van der Waals surface area contributed by atoms with E-state index >= 15 is 0 Å². The summed E-state index contributed by atoms with van der Waals surface area (Å²) in [5.41, 5.74) is 3.20. The molecule has 1 N–H and O–H groups in total. The van der Waals surface area contributed by atoms with Gasteiger partial charge in [-0.05, 0) is 30.9 Å². The highest BCUT2D eigenvalue weighted by atomic mass is 16.5. The van der Waals surface area contributed by atoms with Crippen LogP contribution in [0, 0.1) is 0 Å². The molecule has 1 aliphatic heterocycles. The van der Waals surface area contributed by atoms with Crippen molar-refractivity contribution in [2.75, 3.05) is 32.8 Å². The summed E-state index contributed by atoms with van der Waals surface area (Å²) in [7, 11) is 0. The Morgan fingerprint density at radius 2 is 1.96 bits per heavy atom. The molecule has 0 bridgehead atoms. The van der Waals surface area contributed by atoms with Crippen LogP contribution in [0.2, 0.25) is 0 Å². The van der Waals surface area contributed by atoms with Gasteiger partial charge in [0.15, 0.2) is 0 Å². The predicted molar refractivity (Wildman–Crippen MR) is 111 cm³/mol. The van der Waals surface area contributed by atoms with Crippen molar-refractivity contribution in [3.63, 3.8) is 0 Å². The number of amides is 1. The van der Waals surface area contributed by atoms with Crippen molar-refractivity contribution in [1.29, 1.82) is 0 Å². The monoisotopic (exact) mass is 384 g/mol. The molecule has 4 rings (SSSR count). The number of nitrogens with zero attached hydrogens (tertiary/aromatic N) is 1. The lowest BCUT2D eigenvalue weighted by Crippen LogP contribution is -2.59. The number of carbonyl (C=O) groups is 1. The fourth-order valence-electron chi connectivity index (χ4n) is 4.84. The lowest BCUT2D eigenvalue weighted by Gasteiger charge is -2.48. The van der Waals surface area contributed by atoms with Gasteiger partial charge in [0.05, 0.1) is 25.9 Å². The summed E-state index contributed by atoms with van der Waals surface area (Å²) < 4.78 is 11.2. The maximum atomic E-state index is 12.7. The standard InChI is InChI=1S/C23H32N2O3/c1-2-18-6-7-20-19(16-28-21(20)14-18)15-22(26)24-17-23(8-4-3-5-9-23)25-10-12-27-13-11-25/h6-7,14,16H,2-5,8-13,15,17H2,1H3,(H,24,26). The lowest BCUT2D eigenvalue weighted by molar-refractivity contribution is -0.121. The molecule has 0 spiro atoms. The predicted octanol–water partition coefficient (Wildman–Crippen LogP) is 3.69. The fraction of sp³-hybridized carbons (Fsp3) is 0.609. The van der Waals surface area contributed by atoms with Crippen LogP contribution < -0.4 is 5.32 Å². The number of fused-ring (bicyclic) bond motifs is 1. The summed E-state index contributed by atoms with van der Waals surface area (Å²) >= 11 is 0. The van der Waals surface area contributed by atoms with Crippen LogP contribution >= 0.6 is 0 Å². The van der Waals surface area contributed by atoms with Crippen LogP contribution in [0.15, 0.2) is 28.9 Å². The van der Waals surface area contributed by atoms with Crippen molar-refractivity contribution in [3.8, 4) is 0 Å². The quantitative estimate of drug-likeness (QED) is 0.825. The maximum Gasteiger partial charge on any atom is 0.224 e. The molecule has 5 heteroatoms. The number of carbonyl (C=O) groups excluding carboxylic acids is 1. The van der Waals surface area contributed by atoms with Gasteiger partial charge in [0.25, 0.3) is 0 Å². The molecule has 1 amide bonds. The average molecular weight is 385 g/mol. The molecule has 0 radical (unpaired) electrons. The van der Waals surface area contributed by atoms with E-state index in [4.69, 9.17) is 9.15 Å². The van der Waals surface area contributed by atoms with Gasteiger partial charge in [-0.2, -0.15) is 0 Å². The van der Waals surface area contributed by atoms with Crippen LogP contribution in [0.5, 0.6) is 0 Å². The van der Waals surface area contributed by atoms with E-state index in [-0.39, 0.29) is 11.4 Å². The number of benzene rings is 1. The molecule has 1 saturated carbocycles. The summed E-state index contributed by atoms with van der Waals surface area (Å²) in [4.78, 5) is 15.3. The van der Waals surface area contributed by atoms with Gasteiger partial charge in [0, 0.05) is 36.1 Å². The van der Waals surface area contributed by atoms with E-state index < -0.39 is 0 Å². The van der Waals surface area contributed by atoms with Gasteiger partial charge in [0.2, 0.25) is 5.91 Å². The molecular formula is C23H32N2O3. The van der Waals surface area contributed by atoms with Crippen LogP contribution in [0.4, 0.5) is 0 Å². The van der Waals surface area contributed by atoms with E-state index in [2.05, 4.69) is 35.3 Å². The Kier molecular flexibility index (Phi) is 6.02. The van der Waals surface area contributed by atoms with Crippen molar-refractivity contribution in [3.05, 3.63) is 35.6 Å². The average Bonchev–Trinajstić information content (AvgIpc) is 3.15. The van der Waals surface area contributed by atoms with E-state index in [1.807, 2.05) is 0 Å². The number of hydrogen-bond acceptors (Lipinski definition) is 4. The van der Waals surface area contributed by atoms with E-state index in [0.29, 0.717) is 6.42 Å². The first kappa shape index (κ1) is 19.5. The zero-order valence-corrected chi connectivity index (χ0v) is 17.0. The second-order valence-electron chi connectivity index (χ2n) is 8.28. The molecule has 2 heterocycles. The summed E-state index contributed by atoms with van der Waals surface area (Å²) in [5, 5.41) is 4.30. The third-order valence-electron chi connectivity index (χ3n) is 6.56. The molecule has 2 fully saturated rings. The van der Waals surface area contributed by atoms with Crippen molar-refractivity contribution < 1.29 is 13.9 Å². The molecular weight excluding hydrogens is 352 g/mol. The normalized spacial score (nSPS) is 20.3. The van der Waals surface area contributed by atoms with Crippen LogP contribution in [0.1, 0.15) is 50.2 Å². The zero-order valence-electron chi connectivity index (χ0n) is 17.0. The molecule has 5 nitrogen and oxygen atoms in total.